The smallest absolute Gasteiger partial charge is 0.227 e. The third kappa shape index (κ3) is 3.16. The summed E-state index contributed by atoms with van der Waals surface area (Å²) in [5, 5.41) is 0. The Kier molecular flexibility index (Phi) is 4.34. The Morgan fingerprint density at radius 1 is 1.27 bits per heavy atom. The minimum Gasteiger partial charge on any atom is -0.337 e. The lowest BCUT2D eigenvalue weighted by Crippen LogP contribution is -2.37. The van der Waals surface area contributed by atoms with Crippen molar-refractivity contribution in [3.63, 3.8) is 0 Å². The fourth-order valence-electron chi connectivity index (χ4n) is 3.96. The Morgan fingerprint density at radius 3 is 2.81 bits per heavy atom. The second kappa shape index (κ2) is 6.54. The Hall–Kier alpha value is -2.15. The number of fused-ring (bicyclic) bond motifs is 1. The molecule has 3 heterocycles. The summed E-state index contributed by atoms with van der Waals surface area (Å²) < 4.78 is 23.8. The highest BCUT2D eigenvalue weighted by Gasteiger charge is 2.33. The number of rotatable bonds is 4. The Labute approximate surface area is 154 Å². The van der Waals surface area contributed by atoms with Crippen LogP contribution in [0.3, 0.4) is 0 Å². The fourth-order valence-corrected chi connectivity index (χ4v) is 5.69. The summed E-state index contributed by atoms with van der Waals surface area (Å²) in [5.41, 5.74) is 3.43. The third-order valence-corrected chi connectivity index (χ3v) is 6.99. The van der Waals surface area contributed by atoms with Crippen LogP contribution in [-0.4, -0.2) is 49.0 Å². The maximum Gasteiger partial charge on any atom is 0.227 e. The van der Waals surface area contributed by atoms with Crippen LogP contribution < -0.4 is 9.80 Å². The zero-order valence-electron chi connectivity index (χ0n) is 15.2. The van der Waals surface area contributed by atoms with Gasteiger partial charge in [0.05, 0.1) is 11.5 Å². The number of sulfone groups is 1. The molecule has 26 heavy (non-hydrogen) atoms. The number of anilines is 3. The van der Waals surface area contributed by atoms with Crippen LogP contribution in [0.2, 0.25) is 0 Å². The van der Waals surface area contributed by atoms with E-state index in [-0.39, 0.29) is 17.5 Å². The summed E-state index contributed by atoms with van der Waals surface area (Å²) in [7, 11) is -2.94. The highest BCUT2D eigenvalue weighted by Crippen LogP contribution is 2.34. The zero-order chi connectivity index (χ0) is 18.3. The predicted octanol–water partition coefficient (Wildman–Crippen LogP) is 2.49. The van der Waals surface area contributed by atoms with Gasteiger partial charge in [-0.25, -0.2) is 13.4 Å². The van der Waals surface area contributed by atoms with Crippen LogP contribution in [-0.2, 0) is 16.3 Å². The van der Waals surface area contributed by atoms with Gasteiger partial charge in [0.2, 0.25) is 5.95 Å². The van der Waals surface area contributed by atoms with E-state index in [4.69, 9.17) is 4.98 Å². The Morgan fingerprint density at radius 2 is 2.08 bits per heavy atom. The van der Waals surface area contributed by atoms with Crippen molar-refractivity contribution in [2.45, 2.75) is 32.7 Å². The van der Waals surface area contributed by atoms with Crippen LogP contribution in [0.1, 0.15) is 24.6 Å². The normalized spacial score (nSPS) is 21.0. The third-order valence-electron chi connectivity index (χ3n) is 5.24. The van der Waals surface area contributed by atoms with E-state index in [0.29, 0.717) is 18.9 Å². The van der Waals surface area contributed by atoms with Crippen molar-refractivity contribution in [1.29, 1.82) is 0 Å². The Balaban J connectivity index is 1.69. The fraction of sp³-hybridized carbons (Fsp3) is 0.474. The molecule has 7 heteroatoms. The van der Waals surface area contributed by atoms with Gasteiger partial charge in [0.1, 0.15) is 5.82 Å². The van der Waals surface area contributed by atoms with E-state index in [1.807, 2.05) is 30.9 Å². The predicted molar refractivity (Wildman–Crippen MR) is 104 cm³/mol. The molecule has 0 N–H and O–H groups in total. The molecule has 1 saturated heterocycles. The molecule has 1 atom stereocenters. The standard InChI is InChI=1S/C19H24N4O2S/c1-3-22(16-9-11-26(24,25)13-16)19-20-14(2)12-18(21-19)23-10-8-15-6-4-5-7-17(15)23/h4-7,12,16H,3,8-11,13H2,1-2H3. The Bertz CT molecular complexity index is 929. The van der Waals surface area contributed by atoms with Gasteiger partial charge in [-0.2, -0.15) is 4.98 Å². The van der Waals surface area contributed by atoms with Gasteiger partial charge in [0.25, 0.3) is 0 Å². The van der Waals surface area contributed by atoms with Crippen molar-refractivity contribution >= 4 is 27.3 Å². The van der Waals surface area contributed by atoms with Crippen LogP contribution in [0, 0.1) is 6.92 Å². The second-order valence-corrected chi connectivity index (χ2v) is 9.27. The first-order chi connectivity index (χ1) is 12.5. The largest absolute Gasteiger partial charge is 0.337 e. The maximum absolute atomic E-state index is 11.9. The molecule has 0 radical (unpaired) electrons. The van der Waals surface area contributed by atoms with E-state index in [2.05, 4.69) is 28.1 Å². The van der Waals surface area contributed by atoms with E-state index in [0.717, 1.165) is 24.5 Å². The molecule has 1 aromatic carbocycles. The average Bonchev–Trinajstić information content (AvgIpc) is 3.18. The summed E-state index contributed by atoms with van der Waals surface area (Å²) in [6.07, 6.45) is 1.66. The van der Waals surface area contributed by atoms with Gasteiger partial charge in [0.15, 0.2) is 9.84 Å². The van der Waals surface area contributed by atoms with Crippen LogP contribution in [0.15, 0.2) is 30.3 Å². The van der Waals surface area contributed by atoms with E-state index in [1.54, 1.807) is 0 Å². The van der Waals surface area contributed by atoms with Gasteiger partial charge >= 0.3 is 0 Å². The molecule has 2 aliphatic rings. The van der Waals surface area contributed by atoms with Crippen LogP contribution in [0.4, 0.5) is 17.5 Å². The van der Waals surface area contributed by atoms with Gasteiger partial charge in [-0.3, -0.25) is 0 Å². The van der Waals surface area contributed by atoms with Crippen molar-refractivity contribution in [2.75, 3.05) is 34.4 Å². The van der Waals surface area contributed by atoms with Crippen molar-refractivity contribution < 1.29 is 8.42 Å². The summed E-state index contributed by atoms with van der Waals surface area (Å²) in [4.78, 5) is 13.7. The monoisotopic (exact) mass is 372 g/mol. The molecule has 4 rings (SSSR count). The first-order valence-electron chi connectivity index (χ1n) is 9.15. The van der Waals surface area contributed by atoms with Crippen LogP contribution in [0.25, 0.3) is 0 Å². The molecule has 138 valence electrons. The van der Waals surface area contributed by atoms with E-state index in [9.17, 15) is 8.42 Å². The molecular formula is C19H24N4O2S. The molecule has 2 aromatic rings. The van der Waals surface area contributed by atoms with Gasteiger partial charge in [-0.05, 0) is 38.3 Å². The summed E-state index contributed by atoms with van der Waals surface area (Å²) in [6.45, 7) is 5.59. The van der Waals surface area contributed by atoms with Crippen LogP contribution in [0.5, 0.6) is 0 Å². The van der Waals surface area contributed by atoms with Gasteiger partial charge in [-0.15, -0.1) is 0 Å². The molecule has 0 bridgehead atoms. The molecule has 0 aliphatic carbocycles. The number of hydrogen-bond donors (Lipinski definition) is 0. The van der Waals surface area contributed by atoms with Crippen molar-refractivity contribution in [3.8, 4) is 0 Å². The quantitative estimate of drug-likeness (QED) is 0.821. The molecule has 0 spiro atoms. The first kappa shape index (κ1) is 17.3. The first-order valence-corrected chi connectivity index (χ1v) is 11.0. The molecule has 0 saturated carbocycles. The van der Waals surface area contributed by atoms with Gasteiger partial charge < -0.3 is 9.80 Å². The highest BCUT2D eigenvalue weighted by molar-refractivity contribution is 7.91. The number of aryl methyl sites for hydroxylation is 1. The molecule has 2 aliphatic heterocycles. The highest BCUT2D eigenvalue weighted by atomic mass is 32.2. The van der Waals surface area contributed by atoms with E-state index < -0.39 is 9.84 Å². The van der Waals surface area contributed by atoms with E-state index >= 15 is 0 Å². The number of nitrogens with zero attached hydrogens (tertiary/aromatic N) is 4. The molecule has 1 fully saturated rings. The molecule has 1 unspecified atom stereocenters. The molecule has 0 amide bonds. The topological polar surface area (TPSA) is 66.4 Å². The number of hydrogen-bond acceptors (Lipinski definition) is 6. The second-order valence-electron chi connectivity index (χ2n) is 7.04. The van der Waals surface area contributed by atoms with Crippen molar-refractivity contribution in [1.82, 2.24) is 9.97 Å². The summed E-state index contributed by atoms with van der Waals surface area (Å²) in [6, 6.07) is 10.4. The van der Waals surface area contributed by atoms with Crippen molar-refractivity contribution in [3.05, 3.63) is 41.6 Å². The lowest BCUT2D eigenvalue weighted by molar-refractivity contribution is 0.599. The minimum atomic E-state index is -2.94. The van der Waals surface area contributed by atoms with Gasteiger partial charge in [-0.1, -0.05) is 18.2 Å². The molecule has 6 nitrogen and oxygen atoms in total. The summed E-state index contributed by atoms with van der Waals surface area (Å²) >= 11 is 0. The maximum atomic E-state index is 11.9. The number of para-hydroxylation sites is 1. The number of aromatic nitrogens is 2. The zero-order valence-corrected chi connectivity index (χ0v) is 16.0. The lowest BCUT2D eigenvalue weighted by Gasteiger charge is -2.28. The minimum absolute atomic E-state index is 0.0366. The van der Waals surface area contributed by atoms with Crippen LogP contribution >= 0.6 is 0 Å². The SMILES string of the molecule is CCN(c1nc(C)cc(N2CCc3ccccc32)n1)C1CCS(=O)(=O)C1. The van der Waals surface area contributed by atoms with E-state index in [1.165, 1.54) is 11.3 Å². The lowest BCUT2D eigenvalue weighted by atomic mass is 10.2. The average molecular weight is 372 g/mol. The van der Waals surface area contributed by atoms with Crippen molar-refractivity contribution in [2.24, 2.45) is 0 Å². The summed E-state index contributed by atoms with van der Waals surface area (Å²) in [5.74, 6) is 1.97. The molecular weight excluding hydrogens is 348 g/mol. The number of benzene rings is 1. The van der Waals surface area contributed by atoms with Gasteiger partial charge in [0, 0.05) is 36.6 Å². The molecule has 1 aromatic heterocycles.